The van der Waals surface area contributed by atoms with Gasteiger partial charge in [-0.2, -0.15) is 0 Å². The minimum Gasteiger partial charge on any atom is -0.871 e. The van der Waals surface area contributed by atoms with Gasteiger partial charge in [0.05, 0.1) is 0 Å². The summed E-state index contributed by atoms with van der Waals surface area (Å²) in [6.45, 7) is 0. The van der Waals surface area contributed by atoms with E-state index in [2.05, 4.69) is 4.98 Å². The molecule has 0 radical (unpaired) electrons. The molecule has 46 valence electrons. The Bertz CT molecular complexity index is 142. The largest absolute Gasteiger partial charge is 1.00 e. The SMILES string of the molecule is [Ag+].[O-]c1cccnc1. The maximum absolute atomic E-state index is 10.2. The van der Waals surface area contributed by atoms with Crippen LogP contribution in [0.3, 0.4) is 0 Å². The second-order valence-electron chi connectivity index (χ2n) is 1.19. The molecular weight excluding hydrogens is 198 g/mol. The molecule has 0 spiro atoms. The number of pyridine rings is 1. The van der Waals surface area contributed by atoms with Gasteiger partial charge in [-0.1, -0.05) is 11.8 Å². The summed E-state index contributed by atoms with van der Waals surface area (Å²) in [5.41, 5.74) is 0. The van der Waals surface area contributed by atoms with E-state index in [4.69, 9.17) is 0 Å². The van der Waals surface area contributed by atoms with Crippen molar-refractivity contribution in [2.24, 2.45) is 0 Å². The van der Waals surface area contributed by atoms with Crippen LogP contribution in [0, 0.1) is 0 Å². The fourth-order valence-corrected chi connectivity index (χ4v) is 0.347. The maximum atomic E-state index is 10.2. The maximum Gasteiger partial charge on any atom is 1.00 e. The molecule has 0 N–H and O–H groups in total. The van der Waals surface area contributed by atoms with Crippen molar-refractivity contribution in [2.45, 2.75) is 0 Å². The fourth-order valence-electron chi connectivity index (χ4n) is 0.347. The second kappa shape index (κ2) is 3.66. The summed E-state index contributed by atoms with van der Waals surface area (Å²) in [4.78, 5) is 3.57. The van der Waals surface area contributed by atoms with Crippen LogP contribution >= 0.6 is 0 Å². The van der Waals surface area contributed by atoms with Gasteiger partial charge in [-0.3, -0.25) is 4.98 Å². The Kier molecular flexibility index (Phi) is 3.52. The minimum absolute atomic E-state index is 0. The van der Waals surface area contributed by atoms with Gasteiger partial charge < -0.3 is 5.11 Å². The molecule has 0 saturated heterocycles. The monoisotopic (exact) mass is 201 g/mol. The van der Waals surface area contributed by atoms with E-state index >= 15 is 0 Å². The Balaban J connectivity index is 0.000000490. The average molecular weight is 202 g/mol. The zero-order chi connectivity index (χ0) is 5.11. The predicted molar refractivity (Wildman–Crippen MR) is 23.7 cm³/mol. The summed E-state index contributed by atoms with van der Waals surface area (Å²) in [6, 6.07) is 3.08. The van der Waals surface area contributed by atoms with Gasteiger partial charge >= 0.3 is 22.4 Å². The fraction of sp³-hybridized carbons (Fsp3) is 0. The summed E-state index contributed by atoms with van der Waals surface area (Å²) in [5, 5.41) is 10.2. The summed E-state index contributed by atoms with van der Waals surface area (Å²) >= 11 is 0. The van der Waals surface area contributed by atoms with Crippen LogP contribution in [0.25, 0.3) is 0 Å². The van der Waals surface area contributed by atoms with Crippen molar-refractivity contribution >= 4 is 0 Å². The molecule has 0 aliphatic carbocycles. The van der Waals surface area contributed by atoms with Crippen molar-refractivity contribution in [2.75, 3.05) is 0 Å². The van der Waals surface area contributed by atoms with Gasteiger partial charge in [0.25, 0.3) is 0 Å². The van der Waals surface area contributed by atoms with E-state index in [1.807, 2.05) is 0 Å². The van der Waals surface area contributed by atoms with Gasteiger partial charge in [-0.05, 0) is 6.07 Å². The quantitative estimate of drug-likeness (QED) is 0.561. The number of nitrogens with zero attached hydrogens (tertiary/aromatic N) is 1. The minimum atomic E-state index is -0.0394. The summed E-state index contributed by atoms with van der Waals surface area (Å²) in [6.07, 6.45) is 2.85. The standard InChI is InChI=1S/C5H5NO.Ag/c7-5-2-1-3-6-4-5;/h1-4,7H;/q;+1/p-1. The zero-order valence-corrected chi connectivity index (χ0v) is 5.45. The Labute approximate surface area is 63.1 Å². The molecule has 1 aromatic rings. The van der Waals surface area contributed by atoms with Crippen molar-refractivity contribution in [3.8, 4) is 5.75 Å². The van der Waals surface area contributed by atoms with Gasteiger partial charge in [0.15, 0.2) is 0 Å². The molecule has 3 heteroatoms. The van der Waals surface area contributed by atoms with E-state index in [0.717, 1.165) is 0 Å². The van der Waals surface area contributed by atoms with Crippen molar-refractivity contribution in [3.63, 3.8) is 0 Å². The number of hydrogen-bond acceptors (Lipinski definition) is 2. The van der Waals surface area contributed by atoms with Crippen LogP contribution in [-0.4, -0.2) is 4.98 Å². The van der Waals surface area contributed by atoms with Crippen LogP contribution in [0.4, 0.5) is 0 Å². The van der Waals surface area contributed by atoms with Crippen LogP contribution in [0.5, 0.6) is 5.75 Å². The second-order valence-corrected chi connectivity index (χ2v) is 1.19. The molecular formula is C5H4AgNO. The van der Waals surface area contributed by atoms with E-state index in [0.29, 0.717) is 0 Å². The summed E-state index contributed by atoms with van der Waals surface area (Å²) < 4.78 is 0. The zero-order valence-electron chi connectivity index (χ0n) is 3.97. The smallest absolute Gasteiger partial charge is 0.871 e. The topological polar surface area (TPSA) is 36.0 Å². The Morgan fingerprint density at radius 3 is 2.50 bits per heavy atom. The molecule has 2 nitrogen and oxygen atoms in total. The van der Waals surface area contributed by atoms with Gasteiger partial charge in [0.1, 0.15) is 0 Å². The molecule has 1 rings (SSSR count). The van der Waals surface area contributed by atoms with Crippen molar-refractivity contribution in [1.82, 2.24) is 4.98 Å². The van der Waals surface area contributed by atoms with Crippen molar-refractivity contribution < 1.29 is 27.5 Å². The van der Waals surface area contributed by atoms with Crippen LogP contribution < -0.4 is 5.11 Å². The van der Waals surface area contributed by atoms with Crippen molar-refractivity contribution in [3.05, 3.63) is 24.5 Å². The molecule has 0 aliphatic rings. The first-order valence-electron chi connectivity index (χ1n) is 1.96. The van der Waals surface area contributed by atoms with Gasteiger partial charge in [0.2, 0.25) is 0 Å². The van der Waals surface area contributed by atoms with E-state index in [1.165, 1.54) is 12.3 Å². The number of hydrogen-bond donors (Lipinski definition) is 0. The van der Waals surface area contributed by atoms with Crippen LogP contribution in [0.1, 0.15) is 0 Å². The van der Waals surface area contributed by atoms with Gasteiger partial charge in [-0.15, -0.1) is 0 Å². The molecule has 0 atom stereocenters. The van der Waals surface area contributed by atoms with E-state index in [1.54, 1.807) is 12.3 Å². The van der Waals surface area contributed by atoms with Gasteiger partial charge in [0, 0.05) is 12.4 Å². The van der Waals surface area contributed by atoms with E-state index in [9.17, 15) is 5.11 Å². The molecule has 0 amide bonds. The first-order chi connectivity index (χ1) is 3.39. The first-order valence-corrected chi connectivity index (χ1v) is 1.96. The van der Waals surface area contributed by atoms with E-state index in [-0.39, 0.29) is 28.1 Å². The Morgan fingerprint density at radius 2 is 2.25 bits per heavy atom. The molecule has 0 aromatic carbocycles. The first kappa shape index (κ1) is 7.69. The Morgan fingerprint density at radius 1 is 1.50 bits per heavy atom. The van der Waals surface area contributed by atoms with Gasteiger partial charge in [-0.25, -0.2) is 0 Å². The number of aromatic nitrogens is 1. The van der Waals surface area contributed by atoms with Crippen molar-refractivity contribution in [1.29, 1.82) is 0 Å². The Hall–Kier alpha value is -0.310. The molecule has 0 unspecified atom stereocenters. The van der Waals surface area contributed by atoms with Crippen LogP contribution in [0.15, 0.2) is 24.5 Å². The third-order valence-corrected chi connectivity index (χ3v) is 0.634. The normalized spacial score (nSPS) is 7.50. The number of rotatable bonds is 0. The molecule has 1 aromatic heterocycles. The third kappa shape index (κ3) is 2.12. The van der Waals surface area contributed by atoms with Crippen LogP contribution in [0.2, 0.25) is 0 Å². The summed E-state index contributed by atoms with van der Waals surface area (Å²) in [5.74, 6) is -0.0394. The van der Waals surface area contributed by atoms with Crippen LogP contribution in [-0.2, 0) is 22.4 Å². The predicted octanol–water partition coefficient (Wildman–Crippen LogP) is 0.153. The molecule has 0 aliphatic heterocycles. The molecule has 1 heterocycles. The summed E-state index contributed by atoms with van der Waals surface area (Å²) in [7, 11) is 0. The van der Waals surface area contributed by atoms with E-state index < -0.39 is 0 Å². The molecule has 8 heavy (non-hydrogen) atoms. The third-order valence-electron chi connectivity index (χ3n) is 0.634. The molecule has 0 saturated carbocycles. The average Bonchev–Trinajstić information content (AvgIpc) is 1.69. The molecule has 0 fully saturated rings. The molecule has 0 bridgehead atoms.